The van der Waals surface area contributed by atoms with Crippen LogP contribution in [-0.4, -0.2) is 10.1 Å². The molecular formula is C19H20N2O3. The molecule has 2 aromatic carbocycles. The second kappa shape index (κ2) is 7.17. The lowest BCUT2D eigenvalue weighted by Crippen LogP contribution is -1.98. The lowest BCUT2D eigenvalue weighted by molar-refractivity contribution is 0.242. The van der Waals surface area contributed by atoms with Gasteiger partial charge in [-0.2, -0.15) is 4.98 Å². The van der Waals surface area contributed by atoms with Gasteiger partial charge in [-0.25, -0.2) is 0 Å². The number of hydrogen-bond donors (Lipinski definition) is 0. The molecule has 0 N–H and O–H groups in total. The van der Waals surface area contributed by atoms with Gasteiger partial charge in [0, 0.05) is 0 Å². The van der Waals surface area contributed by atoms with Crippen LogP contribution < -0.4 is 9.47 Å². The van der Waals surface area contributed by atoms with E-state index in [2.05, 4.69) is 42.2 Å². The lowest BCUT2D eigenvalue weighted by atomic mass is 10.1. The second-order valence-electron chi connectivity index (χ2n) is 5.78. The Kier molecular flexibility index (Phi) is 4.79. The largest absolute Gasteiger partial charge is 0.489 e. The molecule has 3 rings (SSSR count). The average Bonchev–Trinajstić information content (AvgIpc) is 2.97. The quantitative estimate of drug-likeness (QED) is 0.681. The van der Waals surface area contributed by atoms with Crippen LogP contribution in [0.5, 0.6) is 11.5 Å². The molecule has 3 aromatic rings. The van der Waals surface area contributed by atoms with Crippen molar-refractivity contribution in [3.05, 3.63) is 70.9 Å². The minimum absolute atomic E-state index is 0.254. The van der Waals surface area contributed by atoms with Crippen molar-refractivity contribution in [3.63, 3.8) is 0 Å². The van der Waals surface area contributed by atoms with Crippen LogP contribution in [0, 0.1) is 20.8 Å². The predicted molar refractivity (Wildman–Crippen MR) is 90.1 cm³/mol. The van der Waals surface area contributed by atoms with Crippen LogP contribution in [0.3, 0.4) is 0 Å². The summed E-state index contributed by atoms with van der Waals surface area (Å²) in [6.07, 6.45) is 0. The molecule has 124 valence electrons. The van der Waals surface area contributed by atoms with Crippen LogP contribution in [0.25, 0.3) is 0 Å². The van der Waals surface area contributed by atoms with Gasteiger partial charge in [0.05, 0.1) is 0 Å². The Balaban J connectivity index is 1.54. The topological polar surface area (TPSA) is 57.4 Å². The van der Waals surface area contributed by atoms with E-state index in [-0.39, 0.29) is 6.61 Å². The second-order valence-corrected chi connectivity index (χ2v) is 5.78. The minimum atomic E-state index is 0.254. The summed E-state index contributed by atoms with van der Waals surface area (Å²) in [6.45, 7) is 6.75. The van der Waals surface area contributed by atoms with Crippen molar-refractivity contribution in [2.24, 2.45) is 0 Å². The van der Waals surface area contributed by atoms with Crippen molar-refractivity contribution in [1.29, 1.82) is 0 Å². The Hall–Kier alpha value is -2.82. The van der Waals surface area contributed by atoms with E-state index >= 15 is 0 Å². The number of benzene rings is 2. The molecule has 0 spiro atoms. The van der Waals surface area contributed by atoms with Gasteiger partial charge >= 0.3 is 0 Å². The fourth-order valence-electron chi connectivity index (χ4n) is 2.49. The predicted octanol–water partition coefficient (Wildman–Crippen LogP) is 4.15. The van der Waals surface area contributed by atoms with Gasteiger partial charge in [0.1, 0.15) is 18.1 Å². The summed E-state index contributed by atoms with van der Waals surface area (Å²) in [7, 11) is 0. The van der Waals surface area contributed by atoms with E-state index in [4.69, 9.17) is 14.0 Å². The van der Waals surface area contributed by atoms with E-state index in [9.17, 15) is 0 Å². The number of rotatable bonds is 6. The van der Waals surface area contributed by atoms with Gasteiger partial charge in [-0.3, -0.25) is 0 Å². The number of ether oxygens (including phenoxy) is 2. The van der Waals surface area contributed by atoms with E-state index in [1.165, 1.54) is 16.7 Å². The van der Waals surface area contributed by atoms with Gasteiger partial charge in [0.2, 0.25) is 0 Å². The van der Waals surface area contributed by atoms with Gasteiger partial charge in [-0.1, -0.05) is 34.5 Å². The summed E-state index contributed by atoms with van der Waals surface area (Å²) in [6, 6.07) is 13.9. The highest BCUT2D eigenvalue weighted by Crippen LogP contribution is 2.20. The summed E-state index contributed by atoms with van der Waals surface area (Å²) in [4.78, 5) is 4.09. The summed E-state index contributed by atoms with van der Waals surface area (Å²) in [5.41, 5.74) is 3.65. The molecule has 0 unspecified atom stereocenters. The van der Waals surface area contributed by atoms with Crippen LogP contribution in [0.2, 0.25) is 0 Å². The summed E-state index contributed by atoms with van der Waals surface area (Å²) >= 11 is 0. The van der Waals surface area contributed by atoms with Crippen molar-refractivity contribution >= 4 is 0 Å². The van der Waals surface area contributed by atoms with Crippen LogP contribution in [0.4, 0.5) is 0 Å². The lowest BCUT2D eigenvalue weighted by Gasteiger charge is -2.09. The van der Waals surface area contributed by atoms with Gasteiger partial charge in [0.15, 0.2) is 12.4 Å². The van der Waals surface area contributed by atoms with Crippen molar-refractivity contribution in [1.82, 2.24) is 10.1 Å². The van der Waals surface area contributed by atoms with E-state index in [0.29, 0.717) is 18.3 Å². The molecule has 1 aromatic heterocycles. The molecule has 0 aliphatic heterocycles. The van der Waals surface area contributed by atoms with Gasteiger partial charge in [0.25, 0.3) is 5.89 Å². The molecule has 0 saturated heterocycles. The van der Waals surface area contributed by atoms with Crippen molar-refractivity contribution in [3.8, 4) is 11.5 Å². The molecule has 0 atom stereocenters. The molecule has 0 fully saturated rings. The minimum Gasteiger partial charge on any atom is -0.489 e. The highest BCUT2D eigenvalue weighted by Gasteiger charge is 2.04. The molecule has 5 heteroatoms. The first-order valence-corrected chi connectivity index (χ1v) is 7.80. The van der Waals surface area contributed by atoms with Crippen LogP contribution >= 0.6 is 0 Å². The van der Waals surface area contributed by atoms with E-state index in [1.54, 1.807) is 6.92 Å². The van der Waals surface area contributed by atoms with Gasteiger partial charge in [-0.05, 0) is 50.6 Å². The monoisotopic (exact) mass is 324 g/mol. The molecule has 5 nitrogen and oxygen atoms in total. The maximum Gasteiger partial charge on any atom is 0.264 e. The fourth-order valence-corrected chi connectivity index (χ4v) is 2.49. The summed E-state index contributed by atoms with van der Waals surface area (Å²) < 4.78 is 16.4. The van der Waals surface area contributed by atoms with Crippen LogP contribution in [0.15, 0.2) is 47.0 Å². The Morgan fingerprint density at radius 3 is 1.96 bits per heavy atom. The van der Waals surface area contributed by atoms with Crippen molar-refractivity contribution in [2.45, 2.75) is 34.0 Å². The molecule has 0 bridgehead atoms. The summed E-state index contributed by atoms with van der Waals surface area (Å²) in [5.74, 6) is 2.59. The molecule has 0 amide bonds. The molecule has 1 heterocycles. The molecule has 0 aliphatic carbocycles. The van der Waals surface area contributed by atoms with E-state index in [0.717, 1.165) is 11.5 Å². The maximum absolute atomic E-state index is 5.83. The Labute approximate surface area is 141 Å². The number of aromatic nitrogens is 2. The first kappa shape index (κ1) is 16.1. The Morgan fingerprint density at radius 1 is 0.833 bits per heavy atom. The number of hydrogen-bond acceptors (Lipinski definition) is 5. The number of aryl methyl sites for hydroxylation is 3. The third-order valence-corrected chi connectivity index (χ3v) is 3.44. The van der Waals surface area contributed by atoms with E-state index in [1.807, 2.05) is 24.3 Å². The average molecular weight is 324 g/mol. The standard InChI is InChI=1S/C19H20N2O3/c1-13-8-14(2)10-16(9-13)11-22-17-4-6-18(7-5-17)23-12-19-20-15(3)21-24-19/h4-10H,11-12H2,1-3H3. The van der Waals surface area contributed by atoms with Crippen molar-refractivity contribution in [2.75, 3.05) is 0 Å². The Morgan fingerprint density at radius 2 is 1.42 bits per heavy atom. The zero-order valence-electron chi connectivity index (χ0n) is 14.1. The third-order valence-electron chi connectivity index (χ3n) is 3.44. The van der Waals surface area contributed by atoms with Gasteiger partial charge in [-0.15, -0.1) is 0 Å². The van der Waals surface area contributed by atoms with Crippen LogP contribution in [0.1, 0.15) is 28.4 Å². The van der Waals surface area contributed by atoms with Crippen LogP contribution in [-0.2, 0) is 13.2 Å². The highest BCUT2D eigenvalue weighted by molar-refractivity contribution is 5.32. The number of nitrogens with zero attached hydrogens (tertiary/aromatic N) is 2. The fraction of sp³-hybridized carbons (Fsp3) is 0.263. The maximum atomic E-state index is 5.83. The van der Waals surface area contributed by atoms with Crippen molar-refractivity contribution < 1.29 is 14.0 Å². The third kappa shape index (κ3) is 4.35. The zero-order chi connectivity index (χ0) is 16.9. The molecule has 0 aliphatic rings. The molecule has 0 radical (unpaired) electrons. The molecular weight excluding hydrogens is 304 g/mol. The normalized spacial score (nSPS) is 10.6. The highest BCUT2D eigenvalue weighted by atomic mass is 16.5. The Bertz CT molecular complexity index is 789. The summed E-state index contributed by atoms with van der Waals surface area (Å²) in [5, 5.41) is 3.72. The zero-order valence-corrected chi connectivity index (χ0v) is 14.1. The first-order valence-electron chi connectivity index (χ1n) is 7.80. The molecule has 24 heavy (non-hydrogen) atoms. The van der Waals surface area contributed by atoms with E-state index < -0.39 is 0 Å². The molecule has 0 saturated carbocycles. The first-order chi connectivity index (χ1) is 11.6. The smallest absolute Gasteiger partial charge is 0.264 e. The van der Waals surface area contributed by atoms with Gasteiger partial charge < -0.3 is 14.0 Å². The SMILES string of the molecule is Cc1cc(C)cc(COc2ccc(OCc3nc(C)no3)cc2)c1.